The molecule has 0 saturated heterocycles. The summed E-state index contributed by atoms with van der Waals surface area (Å²) in [5.74, 6) is 0.0885. The Bertz CT molecular complexity index is 1060. The Hall–Kier alpha value is -3.35. The average molecular weight is 435 g/mol. The summed E-state index contributed by atoms with van der Waals surface area (Å²) >= 11 is 0. The van der Waals surface area contributed by atoms with Crippen LogP contribution in [0.3, 0.4) is 0 Å². The fourth-order valence-corrected chi connectivity index (χ4v) is 3.56. The number of aromatic carboxylic acids is 1. The smallest absolute Gasteiger partial charge is 0.355 e. The van der Waals surface area contributed by atoms with E-state index >= 15 is 0 Å². The molecule has 2 heterocycles. The normalized spacial score (nSPS) is 10.9. The number of aromatic nitrogens is 4. The molecule has 2 aromatic heterocycles. The minimum atomic E-state index is -1.05. The van der Waals surface area contributed by atoms with Crippen LogP contribution in [0.2, 0.25) is 0 Å². The summed E-state index contributed by atoms with van der Waals surface area (Å²) in [4.78, 5) is 32.4. The standard InChI is InChI=1S/C25H30N4O3/c1-3-5-7-11-22-27-24(21(30)10-6-4-2)28-29(22)17-18-12-14-19(15-13-18)20-9-8-16-26-23(20)25(31)32/h8-9,12-16H,3-7,10-11,17H2,1-2H3,(H,31,32). The fourth-order valence-electron chi connectivity index (χ4n) is 3.56. The first-order valence-corrected chi connectivity index (χ1v) is 11.3. The number of pyridine rings is 1. The van der Waals surface area contributed by atoms with Gasteiger partial charge in [0.2, 0.25) is 11.6 Å². The number of ketones is 1. The number of hydrogen-bond donors (Lipinski definition) is 1. The molecule has 168 valence electrons. The van der Waals surface area contributed by atoms with Gasteiger partial charge in [-0.3, -0.25) is 4.79 Å². The highest BCUT2D eigenvalue weighted by Gasteiger charge is 2.17. The van der Waals surface area contributed by atoms with E-state index in [0.29, 0.717) is 24.4 Å². The number of nitrogens with zero attached hydrogens (tertiary/aromatic N) is 4. The third-order valence-electron chi connectivity index (χ3n) is 5.37. The monoisotopic (exact) mass is 434 g/mol. The largest absolute Gasteiger partial charge is 0.476 e. The Labute approximate surface area is 188 Å². The highest BCUT2D eigenvalue weighted by molar-refractivity contribution is 5.94. The van der Waals surface area contributed by atoms with Crippen molar-refractivity contribution in [3.8, 4) is 11.1 Å². The summed E-state index contributed by atoms with van der Waals surface area (Å²) in [5, 5.41) is 13.9. The van der Waals surface area contributed by atoms with Gasteiger partial charge in [0.15, 0.2) is 5.69 Å². The van der Waals surface area contributed by atoms with Crippen LogP contribution in [0.5, 0.6) is 0 Å². The molecule has 0 spiro atoms. The summed E-state index contributed by atoms with van der Waals surface area (Å²) < 4.78 is 1.83. The third kappa shape index (κ3) is 5.87. The van der Waals surface area contributed by atoms with Gasteiger partial charge in [-0.1, -0.05) is 63.4 Å². The summed E-state index contributed by atoms with van der Waals surface area (Å²) in [6.45, 7) is 4.72. The first kappa shape index (κ1) is 23.3. The molecular weight excluding hydrogens is 404 g/mol. The molecule has 0 radical (unpaired) electrons. The molecule has 0 aliphatic rings. The van der Waals surface area contributed by atoms with Gasteiger partial charge >= 0.3 is 5.97 Å². The maximum atomic E-state index is 12.4. The van der Waals surface area contributed by atoms with Crippen LogP contribution in [0, 0.1) is 0 Å². The van der Waals surface area contributed by atoms with Crippen molar-refractivity contribution >= 4 is 11.8 Å². The Morgan fingerprint density at radius 3 is 2.44 bits per heavy atom. The second kappa shape index (κ2) is 11.3. The highest BCUT2D eigenvalue weighted by atomic mass is 16.4. The Morgan fingerprint density at radius 1 is 1.00 bits per heavy atom. The van der Waals surface area contributed by atoms with Crippen LogP contribution in [-0.2, 0) is 13.0 Å². The van der Waals surface area contributed by atoms with Gasteiger partial charge in [-0.05, 0) is 30.0 Å². The Morgan fingerprint density at radius 2 is 1.75 bits per heavy atom. The average Bonchev–Trinajstić information content (AvgIpc) is 3.20. The maximum absolute atomic E-state index is 12.4. The molecule has 0 amide bonds. The Balaban J connectivity index is 1.82. The molecular formula is C25H30N4O3. The number of aryl methyl sites for hydroxylation is 1. The lowest BCUT2D eigenvalue weighted by atomic mass is 10.0. The van der Waals surface area contributed by atoms with E-state index in [1.54, 1.807) is 12.1 Å². The number of carboxylic acids is 1. The molecule has 0 saturated carbocycles. The van der Waals surface area contributed by atoms with E-state index in [1.165, 1.54) is 6.20 Å². The van der Waals surface area contributed by atoms with Crippen molar-refractivity contribution in [3.63, 3.8) is 0 Å². The van der Waals surface area contributed by atoms with E-state index in [4.69, 9.17) is 0 Å². The SMILES string of the molecule is CCCCCc1nc(C(=O)CCCC)nn1Cc1ccc(-c2cccnc2C(=O)O)cc1. The first-order chi connectivity index (χ1) is 15.5. The molecule has 0 fully saturated rings. The number of unbranched alkanes of at least 4 members (excludes halogenated alkanes) is 3. The maximum Gasteiger partial charge on any atom is 0.355 e. The number of Topliss-reactive ketones (excluding diaryl/α,β-unsaturated/α-hetero) is 1. The number of carbonyl (C=O) groups excluding carboxylic acids is 1. The van der Waals surface area contributed by atoms with Crippen LogP contribution < -0.4 is 0 Å². The molecule has 0 aliphatic heterocycles. The number of rotatable bonds is 12. The second-order valence-corrected chi connectivity index (χ2v) is 7.89. The van der Waals surface area contributed by atoms with Gasteiger partial charge in [-0.25, -0.2) is 19.4 Å². The second-order valence-electron chi connectivity index (χ2n) is 7.89. The zero-order valence-electron chi connectivity index (χ0n) is 18.8. The number of hydrogen-bond acceptors (Lipinski definition) is 5. The minimum absolute atomic E-state index is 0.00420. The van der Waals surface area contributed by atoms with Crippen molar-refractivity contribution in [1.29, 1.82) is 0 Å². The van der Waals surface area contributed by atoms with Crippen LogP contribution in [0.15, 0.2) is 42.6 Å². The fraction of sp³-hybridized carbons (Fsp3) is 0.400. The summed E-state index contributed by atoms with van der Waals surface area (Å²) in [5.41, 5.74) is 2.40. The van der Waals surface area contributed by atoms with E-state index in [-0.39, 0.29) is 11.5 Å². The molecule has 1 aromatic carbocycles. The van der Waals surface area contributed by atoms with Gasteiger partial charge in [0.1, 0.15) is 5.82 Å². The van der Waals surface area contributed by atoms with Crippen molar-refractivity contribution < 1.29 is 14.7 Å². The van der Waals surface area contributed by atoms with E-state index in [9.17, 15) is 14.7 Å². The molecule has 3 aromatic rings. The van der Waals surface area contributed by atoms with Crippen LogP contribution in [0.4, 0.5) is 0 Å². The van der Waals surface area contributed by atoms with E-state index in [0.717, 1.165) is 55.5 Å². The van der Waals surface area contributed by atoms with Gasteiger partial charge in [-0.15, -0.1) is 5.10 Å². The van der Waals surface area contributed by atoms with Crippen LogP contribution in [0.1, 0.15) is 84.9 Å². The van der Waals surface area contributed by atoms with E-state index < -0.39 is 5.97 Å². The number of benzene rings is 1. The van der Waals surface area contributed by atoms with Crippen molar-refractivity contribution in [2.45, 2.75) is 65.3 Å². The molecule has 7 heteroatoms. The predicted molar refractivity (Wildman–Crippen MR) is 123 cm³/mol. The molecule has 0 aliphatic carbocycles. The van der Waals surface area contributed by atoms with Crippen LogP contribution >= 0.6 is 0 Å². The quantitative estimate of drug-likeness (QED) is 0.311. The van der Waals surface area contributed by atoms with Gasteiger partial charge in [0.05, 0.1) is 6.54 Å². The van der Waals surface area contributed by atoms with E-state index in [2.05, 4.69) is 28.9 Å². The van der Waals surface area contributed by atoms with Crippen molar-refractivity contribution in [3.05, 3.63) is 65.5 Å². The lowest BCUT2D eigenvalue weighted by Crippen LogP contribution is -2.08. The zero-order chi connectivity index (χ0) is 22.9. The van der Waals surface area contributed by atoms with E-state index in [1.807, 2.05) is 28.9 Å². The topological polar surface area (TPSA) is 98.0 Å². The molecule has 1 N–H and O–H groups in total. The number of carbonyl (C=O) groups is 2. The van der Waals surface area contributed by atoms with Gasteiger partial charge in [-0.2, -0.15) is 0 Å². The van der Waals surface area contributed by atoms with Gasteiger partial charge < -0.3 is 5.11 Å². The summed E-state index contributed by atoms with van der Waals surface area (Å²) in [6, 6.07) is 11.2. The van der Waals surface area contributed by atoms with Crippen molar-refractivity contribution in [1.82, 2.24) is 19.7 Å². The van der Waals surface area contributed by atoms with Crippen molar-refractivity contribution in [2.75, 3.05) is 0 Å². The van der Waals surface area contributed by atoms with Crippen LogP contribution in [-0.4, -0.2) is 36.6 Å². The molecule has 7 nitrogen and oxygen atoms in total. The zero-order valence-corrected chi connectivity index (χ0v) is 18.8. The summed E-state index contributed by atoms with van der Waals surface area (Å²) in [7, 11) is 0. The lowest BCUT2D eigenvalue weighted by molar-refractivity contribution is 0.0691. The summed E-state index contributed by atoms with van der Waals surface area (Å²) in [6.07, 6.45) is 7.77. The number of carboxylic acid groups (broad SMARTS) is 1. The molecule has 0 atom stereocenters. The minimum Gasteiger partial charge on any atom is -0.476 e. The van der Waals surface area contributed by atoms with Gasteiger partial charge in [0, 0.05) is 24.6 Å². The highest BCUT2D eigenvalue weighted by Crippen LogP contribution is 2.23. The first-order valence-electron chi connectivity index (χ1n) is 11.3. The molecule has 0 bridgehead atoms. The van der Waals surface area contributed by atoms with Gasteiger partial charge in [0.25, 0.3) is 0 Å². The molecule has 0 unspecified atom stereocenters. The van der Waals surface area contributed by atoms with Crippen LogP contribution in [0.25, 0.3) is 11.1 Å². The molecule has 32 heavy (non-hydrogen) atoms. The Kier molecular flexibility index (Phi) is 8.25. The predicted octanol–water partition coefficient (Wildman–Crippen LogP) is 5.19. The van der Waals surface area contributed by atoms with Crippen molar-refractivity contribution in [2.24, 2.45) is 0 Å². The molecule has 3 rings (SSSR count). The lowest BCUT2D eigenvalue weighted by Gasteiger charge is -2.08. The third-order valence-corrected chi connectivity index (χ3v) is 5.37.